The van der Waals surface area contributed by atoms with Crippen molar-refractivity contribution in [2.45, 2.75) is 64.6 Å². The second-order valence-corrected chi connectivity index (χ2v) is 7.90. The average Bonchev–Trinajstić information content (AvgIpc) is 3.33. The van der Waals surface area contributed by atoms with Crippen LogP contribution in [0.5, 0.6) is 0 Å². The largest absolute Gasteiger partial charge is 0.352 e. The van der Waals surface area contributed by atoms with Gasteiger partial charge in [0, 0.05) is 19.5 Å². The Balaban J connectivity index is 1.79. The standard InChI is InChI=1S/C19H22ClN7O2/c1-11(18(29)23-14-6-7-14)26(12(2)28)19-13(9-21)10-22-27(19)17-16(20)15-5-3-4-8-25(15)24-17/h10-11,14H,3-8H2,1-2H3,(H,23,29). The van der Waals surface area contributed by atoms with Gasteiger partial charge in [-0.05, 0) is 39.0 Å². The van der Waals surface area contributed by atoms with Crippen molar-refractivity contribution < 1.29 is 9.59 Å². The van der Waals surface area contributed by atoms with E-state index >= 15 is 0 Å². The zero-order valence-electron chi connectivity index (χ0n) is 16.4. The van der Waals surface area contributed by atoms with Crippen LogP contribution in [-0.4, -0.2) is 43.5 Å². The number of nitrogens with one attached hydrogen (secondary N) is 1. The Hall–Kier alpha value is -2.86. The summed E-state index contributed by atoms with van der Waals surface area (Å²) in [4.78, 5) is 26.5. The molecule has 29 heavy (non-hydrogen) atoms. The van der Waals surface area contributed by atoms with Gasteiger partial charge in [0.25, 0.3) is 0 Å². The molecule has 2 amide bonds. The summed E-state index contributed by atoms with van der Waals surface area (Å²) in [6.45, 7) is 3.75. The molecule has 0 saturated heterocycles. The van der Waals surface area contributed by atoms with Crippen LogP contribution in [0.1, 0.15) is 50.8 Å². The molecule has 0 radical (unpaired) electrons. The summed E-state index contributed by atoms with van der Waals surface area (Å²) < 4.78 is 3.24. The van der Waals surface area contributed by atoms with Crippen molar-refractivity contribution in [2.75, 3.05) is 4.90 Å². The first-order valence-corrected chi connectivity index (χ1v) is 10.1. The molecule has 2 aromatic rings. The molecular weight excluding hydrogens is 394 g/mol. The third kappa shape index (κ3) is 3.49. The van der Waals surface area contributed by atoms with E-state index in [1.54, 1.807) is 6.92 Å². The maximum absolute atomic E-state index is 12.6. The highest BCUT2D eigenvalue weighted by molar-refractivity contribution is 6.33. The van der Waals surface area contributed by atoms with Crippen molar-refractivity contribution in [3.8, 4) is 11.9 Å². The predicted molar refractivity (Wildman–Crippen MR) is 106 cm³/mol. The van der Waals surface area contributed by atoms with E-state index in [2.05, 4.69) is 21.6 Å². The topological polar surface area (TPSA) is 109 Å². The third-order valence-electron chi connectivity index (χ3n) is 5.33. The molecule has 3 heterocycles. The van der Waals surface area contributed by atoms with Gasteiger partial charge in [-0.15, -0.1) is 0 Å². The molecule has 1 aliphatic carbocycles. The number of amides is 2. The number of carbonyl (C=O) groups is 2. The highest BCUT2D eigenvalue weighted by Crippen LogP contribution is 2.33. The summed E-state index contributed by atoms with van der Waals surface area (Å²) in [5, 5.41) is 21.8. The number of hydrogen-bond acceptors (Lipinski definition) is 5. The number of rotatable bonds is 5. The molecule has 1 fully saturated rings. The molecule has 0 bridgehead atoms. The Kier molecular flexibility index (Phi) is 5.04. The maximum atomic E-state index is 12.6. The number of fused-ring (bicyclic) bond motifs is 1. The van der Waals surface area contributed by atoms with Gasteiger partial charge in [-0.25, -0.2) is 0 Å². The molecule has 4 rings (SSSR count). The first-order valence-electron chi connectivity index (χ1n) is 9.76. The van der Waals surface area contributed by atoms with Gasteiger partial charge < -0.3 is 5.32 Å². The van der Waals surface area contributed by atoms with Crippen LogP contribution >= 0.6 is 11.6 Å². The first kappa shape index (κ1) is 19.5. The fourth-order valence-electron chi connectivity index (χ4n) is 3.65. The van der Waals surface area contributed by atoms with E-state index in [0.29, 0.717) is 10.8 Å². The van der Waals surface area contributed by atoms with Crippen molar-refractivity contribution in [2.24, 2.45) is 0 Å². The van der Waals surface area contributed by atoms with Crippen LogP contribution in [0.2, 0.25) is 5.02 Å². The summed E-state index contributed by atoms with van der Waals surface area (Å²) >= 11 is 6.59. The Labute approximate surface area is 173 Å². The Bertz CT molecular complexity index is 1010. The molecule has 10 heteroatoms. The molecule has 1 aliphatic heterocycles. The lowest BCUT2D eigenvalue weighted by molar-refractivity contribution is -0.125. The molecule has 1 N–H and O–H groups in total. The number of aryl methyl sites for hydroxylation is 1. The van der Waals surface area contributed by atoms with E-state index in [-0.39, 0.29) is 29.2 Å². The van der Waals surface area contributed by atoms with Crippen LogP contribution in [0.3, 0.4) is 0 Å². The van der Waals surface area contributed by atoms with Crippen LogP contribution in [0.15, 0.2) is 6.20 Å². The van der Waals surface area contributed by atoms with Gasteiger partial charge in [0.05, 0.1) is 11.9 Å². The average molecular weight is 416 g/mol. The lowest BCUT2D eigenvalue weighted by Crippen LogP contribution is -2.49. The molecule has 2 aromatic heterocycles. The Morgan fingerprint density at radius 1 is 1.41 bits per heavy atom. The monoisotopic (exact) mass is 415 g/mol. The van der Waals surface area contributed by atoms with Crippen LogP contribution in [0, 0.1) is 11.3 Å². The summed E-state index contributed by atoms with van der Waals surface area (Å²) in [5.41, 5.74) is 1.09. The minimum atomic E-state index is -0.813. The zero-order valence-corrected chi connectivity index (χ0v) is 17.1. The van der Waals surface area contributed by atoms with E-state index in [9.17, 15) is 14.9 Å². The smallest absolute Gasteiger partial charge is 0.243 e. The minimum Gasteiger partial charge on any atom is -0.352 e. The maximum Gasteiger partial charge on any atom is 0.243 e. The van der Waals surface area contributed by atoms with Gasteiger partial charge in [0.2, 0.25) is 11.8 Å². The van der Waals surface area contributed by atoms with Gasteiger partial charge in [-0.1, -0.05) is 11.6 Å². The Morgan fingerprint density at radius 2 is 2.17 bits per heavy atom. The van der Waals surface area contributed by atoms with Crippen molar-refractivity contribution in [3.63, 3.8) is 0 Å². The summed E-state index contributed by atoms with van der Waals surface area (Å²) in [7, 11) is 0. The van der Waals surface area contributed by atoms with Gasteiger partial charge in [-0.3, -0.25) is 19.2 Å². The number of halogens is 1. The molecule has 1 atom stereocenters. The second kappa shape index (κ2) is 7.52. The lowest BCUT2D eigenvalue weighted by atomic mass is 10.1. The van der Waals surface area contributed by atoms with Crippen LogP contribution in [-0.2, 0) is 22.6 Å². The molecule has 2 aliphatic rings. The molecule has 152 valence electrons. The van der Waals surface area contributed by atoms with E-state index in [1.807, 2.05) is 4.68 Å². The van der Waals surface area contributed by atoms with Gasteiger partial charge in [0.15, 0.2) is 11.6 Å². The van der Waals surface area contributed by atoms with E-state index in [0.717, 1.165) is 44.3 Å². The number of nitrogens with zero attached hydrogens (tertiary/aromatic N) is 6. The van der Waals surface area contributed by atoms with Gasteiger partial charge in [-0.2, -0.15) is 20.1 Å². The van der Waals surface area contributed by atoms with Gasteiger partial charge in [0.1, 0.15) is 22.7 Å². The second-order valence-electron chi connectivity index (χ2n) is 7.52. The zero-order chi connectivity index (χ0) is 20.7. The van der Waals surface area contributed by atoms with Gasteiger partial charge >= 0.3 is 0 Å². The van der Waals surface area contributed by atoms with Crippen molar-refractivity contribution in [3.05, 3.63) is 22.5 Å². The fraction of sp³-hybridized carbons (Fsp3) is 0.526. The number of aromatic nitrogens is 4. The fourth-order valence-corrected chi connectivity index (χ4v) is 3.96. The highest BCUT2D eigenvalue weighted by atomic mass is 35.5. The normalized spacial score (nSPS) is 16.6. The minimum absolute atomic E-state index is 0.161. The number of nitriles is 1. The molecular formula is C19H22ClN7O2. The Morgan fingerprint density at radius 3 is 2.79 bits per heavy atom. The highest BCUT2D eigenvalue weighted by Gasteiger charge is 2.34. The van der Waals surface area contributed by atoms with E-state index < -0.39 is 6.04 Å². The summed E-state index contributed by atoms with van der Waals surface area (Å²) in [6.07, 6.45) is 6.09. The van der Waals surface area contributed by atoms with Crippen LogP contribution < -0.4 is 10.2 Å². The summed E-state index contributed by atoms with van der Waals surface area (Å²) in [6, 6.07) is 1.41. The van der Waals surface area contributed by atoms with Crippen molar-refractivity contribution >= 4 is 29.2 Å². The van der Waals surface area contributed by atoms with Crippen LogP contribution in [0.25, 0.3) is 5.82 Å². The SMILES string of the molecule is CC(=O)N(c1c(C#N)cnn1-c1nn2c(c1Cl)CCCC2)C(C)C(=O)NC1CC1. The molecule has 1 unspecified atom stereocenters. The lowest BCUT2D eigenvalue weighted by Gasteiger charge is -2.27. The molecule has 9 nitrogen and oxygen atoms in total. The molecule has 0 aromatic carbocycles. The molecule has 0 spiro atoms. The number of hydrogen-bond donors (Lipinski definition) is 1. The first-order chi connectivity index (χ1) is 13.9. The van der Waals surface area contributed by atoms with Crippen LogP contribution in [0.4, 0.5) is 5.82 Å². The van der Waals surface area contributed by atoms with E-state index in [1.165, 1.54) is 22.7 Å². The van der Waals surface area contributed by atoms with E-state index in [4.69, 9.17) is 11.6 Å². The summed E-state index contributed by atoms with van der Waals surface area (Å²) in [5.74, 6) is -0.0757. The van der Waals surface area contributed by atoms with Crippen molar-refractivity contribution in [1.82, 2.24) is 24.9 Å². The quantitative estimate of drug-likeness (QED) is 0.802. The van der Waals surface area contributed by atoms with Crippen molar-refractivity contribution in [1.29, 1.82) is 5.26 Å². The number of anilines is 1. The predicted octanol–water partition coefficient (Wildman–Crippen LogP) is 1.95. The number of carbonyl (C=O) groups excluding carboxylic acids is 2. The molecule has 1 saturated carbocycles. The third-order valence-corrected chi connectivity index (χ3v) is 5.72.